The van der Waals surface area contributed by atoms with E-state index in [0.29, 0.717) is 11.4 Å². The molecule has 0 aromatic heterocycles. The van der Waals surface area contributed by atoms with Gasteiger partial charge in [0.25, 0.3) is 5.91 Å². The quantitative estimate of drug-likeness (QED) is 0.809. The molecule has 0 aliphatic carbocycles. The molecule has 130 valence electrons. The molecule has 0 fully saturated rings. The van der Waals surface area contributed by atoms with Crippen LogP contribution in [0.1, 0.15) is 20.7 Å². The van der Waals surface area contributed by atoms with Gasteiger partial charge in [-0.3, -0.25) is 4.79 Å². The standard InChI is InChI=1S/C18H17NO6/c1-23-13-7-5-6-12(10-13)19-16(20)11-25-18(22)15-9-4-3-8-14(15)17(21)24-2/h3-10H,11H2,1-2H3,(H,19,20). The maximum atomic E-state index is 12.1. The van der Waals surface area contributed by atoms with E-state index in [2.05, 4.69) is 10.1 Å². The first-order chi connectivity index (χ1) is 12.0. The van der Waals surface area contributed by atoms with Crippen LogP contribution in [0, 0.1) is 0 Å². The molecule has 0 aliphatic rings. The normalized spacial score (nSPS) is 9.84. The lowest BCUT2D eigenvalue weighted by Crippen LogP contribution is -2.22. The van der Waals surface area contributed by atoms with Gasteiger partial charge in [0.1, 0.15) is 5.75 Å². The highest BCUT2D eigenvalue weighted by molar-refractivity contribution is 6.04. The Morgan fingerprint density at radius 2 is 1.60 bits per heavy atom. The lowest BCUT2D eigenvalue weighted by Gasteiger charge is -2.09. The molecule has 0 spiro atoms. The van der Waals surface area contributed by atoms with E-state index < -0.39 is 24.5 Å². The summed E-state index contributed by atoms with van der Waals surface area (Å²) in [7, 11) is 2.73. The van der Waals surface area contributed by atoms with Gasteiger partial charge >= 0.3 is 11.9 Å². The number of amides is 1. The number of hydrogen-bond donors (Lipinski definition) is 1. The number of carbonyl (C=O) groups excluding carboxylic acids is 3. The number of esters is 2. The van der Waals surface area contributed by atoms with Crippen LogP contribution >= 0.6 is 0 Å². The lowest BCUT2D eigenvalue weighted by atomic mass is 10.1. The van der Waals surface area contributed by atoms with Crippen molar-refractivity contribution in [3.8, 4) is 5.75 Å². The van der Waals surface area contributed by atoms with Gasteiger partial charge in [-0.1, -0.05) is 18.2 Å². The topological polar surface area (TPSA) is 90.9 Å². The fourth-order valence-electron chi connectivity index (χ4n) is 2.06. The van der Waals surface area contributed by atoms with Crippen LogP contribution in [0.25, 0.3) is 0 Å². The van der Waals surface area contributed by atoms with E-state index >= 15 is 0 Å². The van der Waals surface area contributed by atoms with Crippen molar-refractivity contribution in [1.82, 2.24) is 0 Å². The van der Waals surface area contributed by atoms with E-state index in [4.69, 9.17) is 9.47 Å². The van der Waals surface area contributed by atoms with Crippen molar-refractivity contribution < 1.29 is 28.6 Å². The van der Waals surface area contributed by atoms with Gasteiger partial charge in [0.05, 0.1) is 25.3 Å². The second-order valence-corrected chi connectivity index (χ2v) is 4.89. The lowest BCUT2D eigenvalue weighted by molar-refractivity contribution is -0.119. The second kappa shape index (κ2) is 8.49. The third-order valence-corrected chi connectivity index (χ3v) is 3.24. The van der Waals surface area contributed by atoms with Gasteiger partial charge < -0.3 is 19.5 Å². The zero-order chi connectivity index (χ0) is 18.2. The van der Waals surface area contributed by atoms with E-state index in [-0.39, 0.29) is 11.1 Å². The molecule has 0 unspecified atom stereocenters. The Morgan fingerprint density at radius 1 is 0.920 bits per heavy atom. The van der Waals surface area contributed by atoms with E-state index in [1.165, 1.54) is 26.4 Å². The van der Waals surface area contributed by atoms with Crippen LogP contribution in [0.2, 0.25) is 0 Å². The summed E-state index contributed by atoms with van der Waals surface area (Å²) in [6.45, 7) is -0.494. The molecular formula is C18H17NO6. The van der Waals surface area contributed by atoms with Gasteiger partial charge in [0.2, 0.25) is 0 Å². The van der Waals surface area contributed by atoms with Crippen LogP contribution in [-0.2, 0) is 14.3 Å². The Kier molecular flexibility index (Phi) is 6.11. The van der Waals surface area contributed by atoms with Crippen LogP contribution in [0.15, 0.2) is 48.5 Å². The van der Waals surface area contributed by atoms with Crippen LogP contribution in [-0.4, -0.2) is 38.7 Å². The molecule has 7 heteroatoms. The monoisotopic (exact) mass is 343 g/mol. The number of rotatable bonds is 6. The predicted octanol–water partition coefficient (Wildman–Crippen LogP) is 2.28. The van der Waals surface area contributed by atoms with Crippen LogP contribution in [0.3, 0.4) is 0 Å². The summed E-state index contributed by atoms with van der Waals surface area (Å²) in [6, 6.07) is 12.8. The van der Waals surface area contributed by atoms with Gasteiger partial charge in [0.15, 0.2) is 6.61 Å². The highest BCUT2D eigenvalue weighted by Gasteiger charge is 2.19. The summed E-state index contributed by atoms with van der Waals surface area (Å²) in [5.41, 5.74) is 0.613. The van der Waals surface area contributed by atoms with Gasteiger partial charge in [0, 0.05) is 11.8 Å². The molecule has 1 amide bonds. The Hall–Kier alpha value is -3.35. The molecule has 0 aliphatic heterocycles. The zero-order valence-electron chi connectivity index (χ0n) is 13.8. The first-order valence-corrected chi connectivity index (χ1v) is 7.33. The first-order valence-electron chi connectivity index (χ1n) is 7.33. The van der Waals surface area contributed by atoms with Crippen molar-refractivity contribution in [3.63, 3.8) is 0 Å². The number of benzene rings is 2. The minimum atomic E-state index is -0.790. The molecule has 0 bridgehead atoms. The molecule has 0 heterocycles. The number of ether oxygens (including phenoxy) is 3. The summed E-state index contributed by atoms with van der Waals surface area (Å²) in [5.74, 6) is -1.38. The Labute approximate surface area is 144 Å². The third kappa shape index (κ3) is 4.81. The van der Waals surface area contributed by atoms with Crippen LogP contribution in [0.5, 0.6) is 5.75 Å². The summed E-state index contributed by atoms with van der Waals surface area (Å²) in [6.07, 6.45) is 0. The summed E-state index contributed by atoms with van der Waals surface area (Å²) in [4.78, 5) is 35.7. The molecule has 2 rings (SSSR count). The SMILES string of the molecule is COC(=O)c1ccccc1C(=O)OCC(=O)Nc1cccc(OC)c1. The molecule has 0 saturated heterocycles. The molecule has 1 N–H and O–H groups in total. The number of methoxy groups -OCH3 is 2. The van der Waals surface area contributed by atoms with E-state index in [0.717, 1.165) is 0 Å². The molecule has 0 atom stereocenters. The Balaban J connectivity index is 1.98. The van der Waals surface area contributed by atoms with Crippen molar-refractivity contribution in [1.29, 1.82) is 0 Å². The van der Waals surface area contributed by atoms with E-state index in [9.17, 15) is 14.4 Å². The number of anilines is 1. The smallest absolute Gasteiger partial charge is 0.339 e. The Bertz CT molecular complexity index is 787. The van der Waals surface area contributed by atoms with Crippen molar-refractivity contribution >= 4 is 23.5 Å². The third-order valence-electron chi connectivity index (χ3n) is 3.24. The molecule has 0 radical (unpaired) electrons. The van der Waals surface area contributed by atoms with Gasteiger partial charge in [-0.05, 0) is 24.3 Å². The van der Waals surface area contributed by atoms with E-state index in [1.54, 1.807) is 36.4 Å². The molecule has 25 heavy (non-hydrogen) atoms. The number of nitrogens with one attached hydrogen (secondary N) is 1. The van der Waals surface area contributed by atoms with Gasteiger partial charge in [-0.2, -0.15) is 0 Å². The molecule has 2 aromatic carbocycles. The van der Waals surface area contributed by atoms with Gasteiger partial charge in [-0.25, -0.2) is 9.59 Å². The Morgan fingerprint density at radius 3 is 2.24 bits per heavy atom. The maximum Gasteiger partial charge on any atom is 0.339 e. The summed E-state index contributed by atoms with van der Waals surface area (Å²) in [5, 5.41) is 2.58. The van der Waals surface area contributed by atoms with Crippen molar-refractivity contribution in [2.45, 2.75) is 0 Å². The van der Waals surface area contributed by atoms with Gasteiger partial charge in [-0.15, -0.1) is 0 Å². The minimum Gasteiger partial charge on any atom is -0.497 e. The van der Waals surface area contributed by atoms with Crippen LogP contribution in [0.4, 0.5) is 5.69 Å². The average molecular weight is 343 g/mol. The first kappa shape index (κ1) is 18.0. The number of carbonyl (C=O) groups is 3. The predicted molar refractivity (Wildman–Crippen MR) is 89.7 cm³/mol. The summed E-state index contributed by atoms with van der Waals surface area (Å²) >= 11 is 0. The second-order valence-electron chi connectivity index (χ2n) is 4.89. The molecule has 7 nitrogen and oxygen atoms in total. The molecular weight excluding hydrogens is 326 g/mol. The minimum absolute atomic E-state index is 0.0310. The zero-order valence-corrected chi connectivity index (χ0v) is 13.8. The summed E-state index contributed by atoms with van der Waals surface area (Å²) < 4.78 is 14.6. The van der Waals surface area contributed by atoms with Crippen molar-refractivity contribution in [2.24, 2.45) is 0 Å². The van der Waals surface area contributed by atoms with Crippen molar-refractivity contribution in [2.75, 3.05) is 26.1 Å². The van der Waals surface area contributed by atoms with E-state index in [1.807, 2.05) is 0 Å². The molecule has 2 aromatic rings. The largest absolute Gasteiger partial charge is 0.497 e. The maximum absolute atomic E-state index is 12.1. The van der Waals surface area contributed by atoms with Crippen molar-refractivity contribution in [3.05, 3.63) is 59.7 Å². The average Bonchev–Trinajstić information content (AvgIpc) is 2.65. The highest BCUT2D eigenvalue weighted by Crippen LogP contribution is 2.16. The number of hydrogen-bond acceptors (Lipinski definition) is 6. The fraction of sp³-hybridized carbons (Fsp3) is 0.167. The molecule has 0 saturated carbocycles. The fourth-order valence-corrected chi connectivity index (χ4v) is 2.06. The van der Waals surface area contributed by atoms with Crippen LogP contribution < -0.4 is 10.1 Å². The highest BCUT2D eigenvalue weighted by atomic mass is 16.5.